The Hall–Kier alpha value is -3.47. The van der Waals surface area contributed by atoms with Gasteiger partial charge in [-0.2, -0.15) is 5.10 Å². The third-order valence-corrected chi connectivity index (χ3v) is 5.25. The number of fused-ring (bicyclic) bond motifs is 1. The highest BCUT2D eigenvalue weighted by Gasteiger charge is 2.14. The molecule has 1 amide bonds. The van der Waals surface area contributed by atoms with Crippen LogP contribution in [0.2, 0.25) is 0 Å². The highest BCUT2D eigenvalue weighted by Crippen LogP contribution is 2.23. The summed E-state index contributed by atoms with van der Waals surface area (Å²) in [4.78, 5) is 17.2. The van der Waals surface area contributed by atoms with Gasteiger partial charge in [-0.05, 0) is 44.4 Å². The van der Waals surface area contributed by atoms with Crippen LogP contribution in [-0.2, 0) is 11.2 Å². The van der Waals surface area contributed by atoms with E-state index in [-0.39, 0.29) is 5.91 Å². The Kier molecular flexibility index (Phi) is 5.12. The zero-order valence-corrected chi connectivity index (χ0v) is 16.9. The zero-order chi connectivity index (χ0) is 20.4. The number of amides is 1. The van der Waals surface area contributed by atoms with E-state index in [1.165, 1.54) is 0 Å². The number of nitrogens with one attached hydrogen (secondary N) is 1. The third kappa shape index (κ3) is 3.90. The summed E-state index contributed by atoms with van der Waals surface area (Å²) in [5.74, 6) is 0.00337. The molecule has 0 saturated carbocycles. The Morgan fingerprint density at radius 3 is 2.48 bits per heavy atom. The standard InChI is InChI=1S/C24H24N4O/c1-16-9-7-8-12-21(16)26-24(29)14-13-20-17(2)25-23-15-22(27-28(23)18(20)3)19-10-5-4-6-11-19/h4-12,15H,13-14H2,1-3H3,(H,26,29). The van der Waals surface area contributed by atoms with E-state index in [4.69, 9.17) is 10.1 Å². The molecule has 5 heteroatoms. The van der Waals surface area contributed by atoms with Gasteiger partial charge in [-0.3, -0.25) is 4.79 Å². The molecule has 146 valence electrons. The number of hydrogen-bond donors (Lipinski definition) is 1. The first-order valence-corrected chi connectivity index (χ1v) is 9.79. The maximum absolute atomic E-state index is 12.5. The van der Waals surface area contributed by atoms with Crippen LogP contribution in [-0.4, -0.2) is 20.5 Å². The molecule has 0 unspecified atom stereocenters. The van der Waals surface area contributed by atoms with Crippen LogP contribution in [0.3, 0.4) is 0 Å². The lowest BCUT2D eigenvalue weighted by molar-refractivity contribution is -0.116. The number of aromatic nitrogens is 3. The van der Waals surface area contributed by atoms with Crippen molar-refractivity contribution in [3.05, 3.63) is 83.2 Å². The molecule has 2 aromatic carbocycles. The molecule has 0 saturated heterocycles. The smallest absolute Gasteiger partial charge is 0.224 e. The van der Waals surface area contributed by atoms with Gasteiger partial charge in [0.2, 0.25) is 5.91 Å². The first-order chi connectivity index (χ1) is 14.0. The fourth-order valence-corrected chi connectivity index (χ4v) is 3.60. The Bertz CT molecular complexity index is 1180. The molecule has 0 aliphatic rings. The minimum Gasteiger partial charge on any atom is -0.326 e. The summed E-state index contributed by atoms with van der Waals surface area (Å²) in [6, 6.07) is 19.9. The average molecular weight is 384 g/mol. The number of benzene rings is 2. The fraction of sp³-hybridized carbons (Fsp3) is 0.208. The van der Waals surface area contributed by atoms with Crippen LogP contribution in [0, 0.1) is 20.8 Å². The van der Waals surface area contributed by atoms with Crippen LogP contribution in [0.5, 0.6) is 0 Å². The number of carbonyl (C=O) groups excluding carboxylic acids is 1. The maximum atomic E-state index is 12.5. The van der Waals surface area contributed by atoms with Crippen LogP contribution >= 0.6 is 0 Å². The van der Waals surface area contributed by atoms with E-state index in [0.717, 1.165) is 45.1 Å². The number of hydrogen-bond acceptors (Lipinski definition) is 3. The van der Waals surface area contributed by atoms with Crippen molar-refractivity contribution in [3.8, 4) is 11.3 Å². The second-order valence-electron chi connectivity index (χ2n) is 7.29. The molecule has 29 heavy (non-hydrogen) atoms. The van der Waals surface area contributed by atoms with E-state index in [1.54, 1.807) is 0 Å². The predicted octanol–water partition coefficient (Wildman–Crippen LogP) is 4.89. The van der Waals surface area contributed by atoms with Crippen molar-refractivity contribution in [2.24, 2.45) is 0 Å². The van der Waals surface area contributed by atoms with E-state index < -0.39 is 0 Å². The van der Waals surface area contributed by atoms with Gasteiger partial charge in [0.1, 0.15) is 0 Å². The van der Waals surface area contributed by atoms with Gasteiger partial charge in [0.15, 0.2) is 5.65 Å². The molecule has 2 aromatic heterocycles. The first-order valence-electron chi connectivity index (χ1n) is 9.79. The van der Waals surface area contributed by atoms with E-state index in [1.807, 2.05) is 86.0 Å². The van der Waals surface area contributed by atoms with Crippen molar-refractivity contribution < 1.29 is 4.79 Å². The van der Waals surface area contributed by atoms with Gasteiger partial charge < -0.3 is 5.32 Å². The molecule has 5 nitrogen and oxygen atoms in total. The molecule has 0 bridgehead atoms. The average Bonchev–Trinajstić information content (AvgIpc) is 3.14. The van der Waals surface area contributed by atoms with Crippen molar-refractivity contribution in [1.29, 1.82) is 0 Å². The van der Waals surface area contributed by atoms with Crippen LogP contribution in [0.15, 0.2) is 60.7 Å². The predicted molar refractivity (Wildman–Crippen MR) is 116 cm³/mol. The quantitative estimate of drug-likeness (QED) is 0.533. The molecular weight excluding hydrogens is 360 g/mol. The highest BCUT2D eigenvalue weighted by molar-refractivity contribution is 5.91. The Morgan fingerprint density at radius 2 is 1.72 bits per heavy atom. The van der Waals surface area contributed by atoms with Gasteiger partial charge >= 0.3 is 0 Å². The van der Waals surface area contributed by atoms with Gasteiger partial charge in [0.25, 0.3) is 0 Å². The second kappa shape index (κ2) is 7.87. The molecule has 2 heterocycles. The van der Waals surface area contributed by atoms with E-state index in [2.05, 4.69) is 5.32 Å². The first kappa shape index (κ1) is 18.9. The van der Waals surface area contributed by atoms with Crippen molar-refractivity contribution >= 4 is 17.2 Å². The topological polar surface area (TPSA) is 59.3 Å². The molecular formula is C24H24N4O. The van der Waals surface area contributed by atoms with E-state index in [9.17, 15) is 4.79 Å². The monoisotopic (exact) mass is 384 g/mol. The molecule has 0 fully saturated rings. The summed E-state index contributed by atoms with van der Waals surface area (Å²) in [6.07, 6.45) is 1.02. The highest BCUT2D eigenvalue weighted by atomic mass is 16.1. The Labute approximate surface area is 170 Å². The zero-order valence-electron chi connectivity index (χ0n) is 16.9. The number of aryl methyl sites for hydroxylation is 3. The largest absolute Gasteiger partial charge is 0.326 e. The number of para-hydroxylation sites is 1. The molecule has 0 radical (unpaired) electrons. The Balaban J connectivity index is 1.56. The summed E-state index contributed by atoms with van der Waals surface area (Å²) in [6.45, 7) is 6.03. The van der Waals surface area contributed by atoms with Crippen LogP contribution in [0.25, 0.3) is 16.9 Å². The van der Waals surface area contributed by atoms with Gasteiger partial charge in [-0.15, -0.1) is 0 Å². The lowest BCUT2D eigenvalue weighted by Crippen LogP contribution is -2.15. The fourth-order valence-electron chi connectivity index (χ4n) is 3.60. The Morgan fingerprint density at radius 1 is 1.00 bits per heavy atom. The van der Waals surface area contributed by atoms with Gasteiger partial charge in [0.05, 0.1) is 5.69 Å². The molecule has 1 N–H and O–H groups in total. The van der Waals surface area contributed by atoms with Crippen LogP contribution in [0.1, 0.15) is 28.9 Å². The molecule has 0 aliphatic carbocycles. The molecule has 4 rings (SSSR count). The number of anilines is 1. The number of nitrogens with zero attached hydrogens (tertiary/aromatic N) is 3. The minimum atomic E-state index is 0.00337. The van der Waals surface area contributed by atoms with Gasteiger partial charge in [-0.1, -0.05) is 48.5 Å². The maximum Gasteiger partial charge on any atom is 0.224 e. The van der Waals surface area contributed by atoms with Gasteiger partial charge in [0, 0.05) is 35.1 Å². The van der Waals surface area contributed by atoms with Crippen molar-refractivity contribution in [2.75, 3.05) is 5.32 Å². The summed E-state index contributed by atoms with van der Waals surface area (Å²) in [5.41, 5.74) is 7.74. The summed E-state index contributed by atoms with van der Waals surface area (Å²) >= 11 is 0. The van der Waals surface area contributed by atoms with E-state index >= 15 is 0 Å². The van der Waals surface area contributed by atoms with E-state index in [0.29, 0.717) is 12.8 Å². The SMILES string of the molecule is Cc1ccccc1NC(=O)CCc1c(C)nc2cc(-c3ccccc3)nn2c1C. The molecule has 0 aliphatic heterocycles. The second-order valence-corrected chi connectivity index (χ2v) is 7.29. The lowest BCUT2D eigenvalue weighted by atomic mass is 10.1. The van der Waals surface area contributed by atoms with Crippen molar-refractivity contribution in [2.45, 2.75) is 33.6 Å². The molecule has 0 atom stereocenters. The summed E-state index contributed by atoms with van der Waals surface area (Å²) in [7, 11) is 0. The molecule has 0 spiro atoms. The van der Waals surface area contributed by atoms with Crippen molar-refractivity contribution in [3.63, 3.8) is 0 Å². The summed E-state index contributed by atoms with van der Waals surface area (Å²) in [5, 5.41) is 7.74. The number of rotatable bonds is 5. The minimum absolute atomic E-state index is 0.00337. The lowest BCUT2D eigenvalue weighted by Gasteiger charge is -2.12. The molecule has 4 aromatic rings. The summed E-state index contributed by atoms with van der Waals surface area (Å²) < 4.78 is 1.88. The number of carbonyl (C=O) groups is 1. The van der Waals surface area contributed by atoms with Crippen molar-refractivity contribution in [1.82, 2.24) is 14.6 Å². The van der Waals surface area contributed by atoms with Gasteiger partial charge in [-0.25, -0.2) is 9.50 Å². The third-order valence-electron chi connectivity index (χ3n) is 5.25. The van der Waals surface area contributed by atoms with Crippen LogP contribution in [0.4, 0.5) is 5.69 Å². The van der Waals surface area contributed by atoms with Crippen LogP contribution < -0.4 is 5.32 Å². The normalized spacial score (nSPS) is 11.0.